The van der Waals surface area contributed by atoms with Crippen molar-refractivity contribution in [2.75, 3.05) is 32.8 Å². The molecule has 4 rings (SSSR count). The van der Waals surface area contributed by atoms with E-state index in [1.807, 2.05) is 19.1 Å². The average molecular weight is 415 g/mol. The number of halogens is 1. The topological polar surface area (TPSA) is 70.2 Å². The van der Waals surface area contributed by atoms with Gasteiger partial charge in [-0.15, -0.1) is 11.3 Å². The van der Waals surface area contributed by atoms with E-state index in [1.54, 1.807) is 29.5 Å². The molecule has 29 heavy (non-hydrogen) atoms. The third kappa shape index (κ3) is 4.72. The second-order valence-corrected chi connectivity index (χ2v) is 8.29. The van der Waals surface area contributed by atoms with E-state index in [2.05, 4.69) is 20.4 Å². The standard InChI is InChI=1S/C21H23FN4O2S/c1-14-2-7-20(29-14)17-12-18(25-24-17)21(27)23-13-19(26-8-10-28-11-9-26)15-3-5-16(22)6-4-15/h2-7,12,19H,8-11,13H2,1H3,(H,23,27)(H,24,25). The van der Waals surface area contributed by atoms with Gasteiger partial charge in [0.15, 0.2) is 5.69 Å². The largest absolute Gasteiger partial charge is 0.379 e. The molecule has 1 aliphatic rings. The van der Waals surface area contributed by atoms with Crippen molar-refractivity contribution >= 4 is 17.2 Å². The van der Waals surface area contributed by atoms with Gasteiger partial charge >= 0.3 is 0 Å². The fraction of sp³-hybridized carbons (Fsp3) is 0.333. The molecule has 8 heteroatoms. The second kappa shape index (κ2) is 8.86. The van der Waals surface area contributed by atoms with Gasteiger partial charge in [0.05, 0.1) is 29.8 Å². The molecule has 6 nitrogen and oxygen atoms in total. The first kappa shape index (κ1) is 19.8. The smallest absolute Gasteiger partial charge is 0.271 e. The quantitative estimate of drug-likeness (QED) is 0.649. The van der Waals surface area contributed by atoms with E-state index >= 15 is 0 Å². The van der Waals surface area contributed by atoms with Crippen molar-refractivity contribution in [3.05, 3.63) is 64.4 Å². The van der Waals surface area contributed by atoms with Crippen molar-refractivity contribution < 1.29 is 13.9 Å². The molecule has 3 heterocycles. The Morgan fingerprint density at radius 2 is 2.03 bits per heavy atom. The van der Waals surface area contributed by atoms with E-state index in [-0.39, 0.29) is 17.8 Å². The molecule has 1 unspecified atom stereocenters. The highest BCUT2D eigenvalue weighted by Crippen LogP contribution is 2.26. The van der Waals surface area contributed by atoms with Crippen LogP contribution in [0.2, 0.25) is 0 Å². The number of amides is 1. The molecular formula is C21H23FN4O2S. The Morgan fingerprint density at radius 1 is 1.28 bits per heavy atom. The number of ether oxygens (including phenoxy) is 1. The molecule has 1 amide bonds. The molecule has 2 N–H and O–H groups in total. The third-order valence-electron chi connectivity index (χ3n) is 5.01. The lowest BCUT2D eigenvalue weighted by atomic mass is 10.0. The number of hydrogen-bond donors (Lipinski definition) is 2. The number of nitrogens with zero attached hydrogens (tertiary/aromatic N) is 2. The van der Waals surface area contributed by atoms with E-state index < -0.39 is 0 Å². The lowest BCUT2D eigenvalue weighted by Crippen LogP contribution is -2.43. The molecule has 1 aromatic carbocycles. The number of rotatable bonds is 6. The van der Waals surface area contributed by atoms with Crippen molar-refractivity contribution in [2.24, 2.45) is 0 Å². The van der Waals surface area contributed by atoms with Crippen LogP contribution in [0.4, 0.5) is 4.39 Å². The highest BCUT2D eigenvalue weighted by Gasteiger charge is 2.24. The number of aromatic nitrogens is 2. The molecular weight excluding hydrogens is 391 g/mol. The number of carbonyl (C=O) groups is 1. The van der Waals surface area contributed by atoms with Crippen LogP contribution in [0.1, 0.15) is 27.0 Å². The number of thiophene rings is 1. The number of aromatic amines is 1. The van der Waals surface area contributed by atoms with Crippen LogP contribution in [0, 0.1) is 12.7 Å². The minimum absolute atomic E-state index is 0.0539. The van der Waals surface area contributed by atoms with Gasteiger partial charge in [0.1, 0.15) is 5.82 Å². The van der Waals surface area contributed by atoms with Crippen LogP contribution in [0.3, 0.4) is 0 Å². The molecule has 2 aromatic heterocycles. The van der Waals surface area contributed by atoms with Crippen molar-refractivity contribution in [2.45, 2.75) is 13.0 Å². The minimum atomic E-state index is -0.272. The van der Waals surface area contributed by atoms with Gasteiger partial charge in [-0.3, -0.25) is 14.8 Å². The first-order chi connectivity index (χ1) is 14.1. The Morgan fingerprint density at radius 3 is 2.72 bits per heavy atom. The van der Waals surface area contributed by atoms with E-state index in [0.717, 1.165) is 29.2 Å². The summed E-state index contributed by atoms with van der Waals surface area (Å²) in [6.07, 6.45) is 0. The van der Waals surface area contributed by atoms with Gasteiger partial charge in [-0.1, -0.05) is 12.1 Å². The fourth-order valence-corrected chi connectivity index (χ4v) is 4.29. The summed E-state index contributed by atoms with van der Waals surface area (Å²) in [6, 6.07) is 12.2. The average Bonchev–Trinajstić information content (AvgIpc) is 3.39. The van der Waals surface area contributed by atoms with Crippen LogP contribution in [0.5, 0.6) is 0 Å². The van der Waals surface area contributed by atoms with E-state index in [1.165, 1.54) is 17.0 Å². The molecule has 152 valence electrons. The van der Waals surface area contributed by atoms with Crippen LogP contribution in [-0.4, -0.2) is 53.9 Å². The Bertz CT molecular complexity index is 963. The molecule has 0 radical (unpaired) electrons. The molecule has 1 fully saturated rings. The summed E-state index contributed by atoms with van der Waals surface area (Å²) in [5.41, 5.74) is 2.15. The Labute approximate surface area is 172 Å². The van der Waals surface area contributed by atoms with Crippen LogP contribution >= 0.6 is 11.3 Å². The molecule has 0 bridgehead atoms. The molecule has 3 aromatic rings. The van der Waals surface area contributed by atoms with Crippen LogP contribution in [0.15, 0.2) is 42.5 Å². The third-order valence-corrected chi connectivity index (χ3v) is 6.05. The number of morpholine rings is 1. The summed E-state index contributed by atoms with van der Waals surface area (Å²) in [5.74, 6) is -0.507. The summed E-state index contributed by atoms with van der Waals surface area (Å²) in [4.78, 5) is 17.2. The van der Waals surface area contributed by atoms with Crippen molar-refractivity contribution in [1.82, 2.24) is 20.4 Å². The summed E-state index contributed by atoms with van der Waals surface area (Å²) >= 11 is 1.65. The zero-order chi connectivity index (χ0) is 20.2. The van der Waals surface area contributed by atoms with Crippen molar-refractivity contribution in [3.8, 4) is 10.6 Å². The summed E-state index contributed by atoms with van der Waals surface area (Å²) in [7, 11) is 0. The van der Waals surface area contributed by atoms with Gasteiger partial charge in [-0.25, -0.2) is 4.39 Å². The van der Waals surface area contributed by atoms with E-state index in [0.29, 0.717) is 25.5 Å². The van der Waals surface area contributed by atoms with Crippen molar-refractivity contribution in [1.29, 1.82) is 0 Å². The van der Waals surface area contributed by atoms with Crippen LogP contribution < -0.4 is 5.32 Å². The van der Waals surface area contributed by atoms with Gasteiger partial charge in [-0.05, 0) is 42.8 Å². The SMILES string of the molecule is Cc1ccc(-c2cc(C(=O)NCC(c3ccc(F)cc3)N3CCOCC3)n[nH]2)s1. The molecule has 1 saturated heterocycles. The molecule has 0 saturated carbocycles. The monoisotopic (exact) mass is 414 g/mol. The summed E-state index contributed by atoms with van der Waals surface area (Å²) in [6.45, 7) is 5.28. The number of H-pyrrole nitrogens is 1. The number of hydrogen-bond acceptors (Lipinski definition) is 5. The lowest BCUT2D eigenvalue weighted by molar-refractivity contribution is 0.0162. The summed E-state index contributed by atoms with van der Waals surface area (Å²) < 4.78 is 18.8. The predicted octanol–water partition coefficient (Wildman–Crippen LogP) is 3.39. The van der Waals surface area contributed by atoms with Crippen LogP contribution in [-0.2, 0) is 4.74 Å². The maximum atomic E-state index is 13.4. The normalized spacial score (nSPS) is 15.9. The van der Waals surface area contributed by atoms with E-state index in [9.17, 15) is 9.18 Å². The molecule has 1 atom stereocenters. The highest BCUT2D eigenvalue weighted by atomic mass is 32.1. The first-order valence-electron chi connectivity index (χ1n) is 9.58. The maximum absolute atomic E-state index is 13.4. The number of carbonyl (C=O) groups excluding carboxylic acids is 1. The second-order valence-electron chi connectivity index (χ2n) is 7.00. The van der Waals surface area contributed by atoms with Gasteiger partial charge in [0.2, 0.25) is 0 Å². The number of aryl methyl sites for hydroxylation is 1. The first-order valence-corrected chi connectivity index (χ1v) is 10.4. The highest BCUT2D eigenvalue weighted by molar-refractivity contribution is 7.15. The minimum Gasteiger partial charge on any atom is -0.379 e. The zero-order valence-corrected chi connectivity index (χ0v) is 17.0. The van der Waals surface area contributed by atoms with Gasteiger partial charge in [0.25, 0.3) is 5.91 Å². The Balaban J connectivity index is 1.46. The molecule has 0 aliphatic carbocycles. The van der Waals surface area contributed by atoms with Crippen LogP contribution in [0.25, 0.3) is 10.6 Å². The Kier molecular flexibility index (Phi) is 6.03. The van der Waals surface area contributed by atoms with Crippen molar-refractivity contribution in [3.63, 3.8) is 0 Å². The summed E-state index contributed by atoms with van der Waals surface area (Å²) in [5, 5.41) is 10.1. The number of nitrogens with one attached hydrogen (secondary N) is 2. The fourth-order valence-electron chi connectivity index (χ4n) is 3.46. The lowest BCUT2D eigenvalue weighted by Gasteiger charge is -2.34. The van der Waals surface area contributed by atoms with E-state index in [4.69, 9.17) is 4.74 Å². The maximum Gasteiger partial charge on any atom is 0.271 e. The van der Waals surface area contributed by atoms with Gasteiger partial charge < -0.3 is 10.1 Å². The number of benzene rings is 1. The molecule has 1 aliphatic heterocycles. The predicted molar refractivity (Wildman–Crippen MR) is 111 cm³/mol. The molecule has 0 spiro atoms. The Hall–Kier alpha value is -2.55. The van der Waals surface area contributed by atoms with Gasteiger partial charge in [0, 0.05) is 24.5 Å². The zero-order valence-electron chi connectivity index (χ0n) is 16.2. The van der Waals surface area contributed by atoms with Gasteiger partial charge in [-0.2, -0.15) is 5.10 Å².